The molecule has 0 saturated carbocycles. The summed E-state index contributed by atoms with van der Waals surface area (Å²) in [7, 11) is 0. The zero-order valence-electron chi connectivity index (χ0n) is 8.05. The summed E-state index contributed by atoms with van der Waals surface area (Å²) in [6.07, 6.45) is -0.170. The number of amides is 1. The van der Waals surface area contributed by atoms with Gasteiger partial charge in [-0.05, 0) is 28.1 Å². The van der Waals surface area contributed by atoms with Gasteiger partial charge in [0.1, 0.15) is 0 Å². The van der Waals surface area contributed by atoms with E-state index in [4.69, 9.17) is 5.11 Å². The van der Waals surface area contributed by atoms with Crippen LogP contribution < -0.4 is 5.01 Å². The van der Waals surface area contributed by atoms with Crippen molar-refractivity contribution >= 4 is 39.2 Å². The smallest absolute Gasteiger partial charge is 0.352 e. The molecule has 16 heavy (non-hydrogen) atoms. The van der Waals surface area contributed by atoms with Crippen molar-refractivity contribution < 1.29 is 14.7 Å². The molecule has 1 aliphatic rings. The number of aliphatic carboxylic acids is 1. The van der Waals surface area contributed by atoms with E-state index in [2.05, 4.69) is 21.0 Å². The third kappa shape index (κ3) is 1.83. The molecule has 0 fully saturated rings. The number of benzene rings is 1. The van der Waals surface area contributed by atoms with Gasteiger partial charge < -0.3 is 5.11 Å². The fourth-order valence-corrected chi connectivity index (χ4v) is 1.81. The van der Waals surface area contributed by atoms with Gasteiger partial charge in [-0.15, -0.1) is 0 Å². The molecule has 0 radical (unpaired) electrons. The van der Waals surface area contributed by atoms with Gasteiger partial charge in [-0.1, -0.05) is 12.1 Å². The van der Waals surface area contributed by atoms with E-state index < -0.39 is 5.97 Å². The van der Waals surface area contributed by atoms with Crippen molar-refractivity contribution in [2.45, 2.75) is 6.42 Å². The number of para-hydroxylation sites is 1. The second-order valence-corrected chi connectivity index (χ2v) is 4.04. The summed E-state index contributed by atoms with van der Waals surface area (Å²) in [6.45, 7) is 0. The number of hydrazone groups is 1. The standard InChI is InChI=1S/C10H7BrN2O3/c11-6-3-1-2-4-8(6)13-9(14)5-7(12-13)10(15)16/h1-4H,5H2,(H,15,16). The van der Waals surface area contributed by atoms with Crippen molar-refractivity contribution in [3.8, 4) is 0 Å². The highest BCUT2D eigenvalue weighted by atomic mass is 79.9. The summed E-state index contributed by atoms with van der Waals surface area (Å²) >= 11 is 3.28. The van der Waals surface area contributed by atoms with Gasteiger partial charge in [-0.2, -0.15) is 10.1 Å². The average molecular weight is 283 g/mol. The number of anilines is 1. The number of rotatable bonds is 2. The average Bonchev–Trinajstić information content (AvgIpc) is 2.61. The van der Waals surface area contributed by atoms with E-state index in [1.54, 1.807) is 24.3 Å². The maximum absolute atomic E-state index is 11.6. The molecular weight excluding hydrogens is 276 g/mol. The van der Waals surface area contributed by atoms with Gasteiger partial charge in [0.2, 0.25) is 0 Å². The van der Waals surface area contributed by atoms with Crippen LogP contribution >= 0.6 is 15.9 Å². The monoisotopic (exact) mass is 282 g/mol. The lowest BCUT2D eigenvalue weighted by atomic mass is 10.2. The molecule has 6 heteroatoms. The highest BCUT2D eigenvalue weighted by Gasteiger charge is 2.29. The maximum atomic E-state index is 11.6. The minimum Gasteiger partial charge on any atom is -0.477 e. The number of nitrogens with zero attached hydrogens (tertiary/aromatic N) is 2. The van der Waals surface area contributed by atoms with E-state index in [0.717, 1.165) is 5.01 Å². The number of halogens is 1. The molecule has 1 aliphatic heterocycles. The predicted octanol–water partition coefficient (Wildman–Crippen LogP) is 1.63. The molecule has 1 heterocycles. The molecule has 0 aromatic heterocycles. The van der Waals surface area contributed by atoms with Crippen LogP contribution in [-0.4, -0.2) is 22.7 Å². The molecule has 1 amide bonds. The molecule has 0 atom stereocenters. The molecular formula is C10H7BrN2O3. The Balaban J connectivity index is 2.39. The maximum Gasteiger partial charge on any atom is 0.352 e. The minimum atomic E-state index is -1.16. The first-order valence-electron chi connectivity index (χ1n) is 4.48. The van der Waals surface area contributed by atoms with Crippen molar-refractivity contribution in [2.24, 2.45) is 5.10 Å². The van der Waals surface area contributed by atoms with Crippen molar-refractivity contribution in [3.63, 3.8) is 0 Å². The van der Waals surface area contributed by atoms with Crippen LogP contribution in [-0.2, 0) is 9.59 Å². The highest BCUT2D eigenvalue weighted by Crippen LogP contribution is 2.28. The molecule has 1 aromatic rings. The molecule has 0 bridgehead atoms. The Bertz CT molecular complexity index is 499. The predicted molar refractivity (Wildman–Crippen MR) is 61.3 cm³/mol. The number of hydrogen-bond donors (Lipinski definition) is 1. The van der Waals surface area contributed by atoms with Crippen LogP contribution in [0, 0.1) is 0 Å². The second kappa shape index (κ2) is 4.05. The lowest BCUT2D eigenvalue weighted by molar-refractivity contribution is -0.129. The summed E-state index contributed by atoms with van der Waals surface area (Å²) in [6, 6.07) is 7.00. The first-order valence-corrected chi connectivity index (χ1v) is 5.27. The van der Waals surface area contributed by atoms with Crippen LogP contribution in [0.15, 0.2) is 33.8 Å². The molecule has 0 aliphatic carbocycles. The van der Waals surface area contributed by atoms with E-state index >= 15 is 0 Å². The summed E-state index contributed by atoms with van der Waals surface area (Å²) < 4.78 is 0.693. The Morgan fingerprint density at radius 1 is 1.44 bits per heavy atom. The van der Waals surface area contributed by atoms with Crippen LogP contribution in [0.3, 0.4) is 0 Å². The third-order valence-electron chi connectivity index (χ3n) is 2.10. The summed E-state index contributed by atoms with van der Waals surface area (Å²) in [5.41, 5.74) is 0.407. The van der Waals surface area contributed by atoms with Crippen LogP contribution in [0.4, 0.5) is 5.69 Å². The van der Waals surface area contributed by atoms with Crippen molar-refractivity contribution in [3.05, 3.63) is 28.7 Å². The first-order chi connectivity index (χ1) is 7.59. The van der Waals surface area contributed by atoms with E-state index in [-0.39, 0.29) is 18.0 Å². The lowest BCUT2D eigenvalue weighted by Crippen LogP contribution is -2.19. The highest BCUT2D eigenvalue weighted by molar-refractivity contribution is 9.10. The van der Waals surface area contributed by atoms with Crippen molar-refractivity contribution in [1.82, 2.24) is 0 Å². The number of carboxylic acids is 1. The quantitative estimate of drug-likeness (QED) is 0.896. The number of carboxylic acid groups (broad SMARTS) is 1. The molecule has 82 valence electrons. The fraction of sp³-hybridized carbons (Fsp3) is 0.100. The van der Waals surface area contributed by atoms with Gasteiger partial charge in [0, 0.05) is 4.47 Å². The van der Waals surface area contributed by atoms with Crippen LogP contribution in [0.25, 0.3) is 0 Å². The van der Waals surface area contributed by atoms with E-state index in [9.17, 15) is 9.59 Å². The van der Waals surface area contributed by atoms with Crippen LogP contribution in [0.1, 0.15) is 6.42 Å². The van der Waals surface area contributed by atoms with E-state index in [1.807, 2.05) is 0 Å². The van der Waals surface area contributed by atoms with E-state index in [1.165, 1.54) is 0 Å². The number of hydrogen-bond acceptors (Lipinski definition) is 3. The Labute approximate surface area is 99.5 Å². The number of carbonyl (C=O) groups excluding carboxylic acids is 1. The fourth-order valence-electron chi connectivity index (χ4n) is 1.36. The number of carbonyl (C=O) groups is 2. The minimum absolute atomic E-state index is 0.138. The molecule has 0 spiro atoms. The Kier molecular flexibility index (Phi) is 2.74. The van der Waals surface area contributed by atoms with Crippen molar-refractivity contribution in [2.75, 3.05) is 5.01 Å². The Morgan fingerprint density at radius 2 is 2.12 bits per heavy atom. The van der Waals surface area contributed by atoms with E-state index in [0.29, 0.717) is 10.2 Å². The van der Waals surface area contributed by atoms with Crippen LogP contribution in [0.2, 0.25) is 0 Å². The van der Waals surface area contributed by atoms with Gasteiger partial charge in [0.25, 0.3) is 5.91 Å². The van der Waals surface area contributed by atoms with Gasteiger partial charge in [-0.3, -0.25) is 4.79 Å². The molecule has 0 saturated heterocycles. The van der Waals surface area contributed by atoms with Crippen molar-refractivity contribution in [1.29, 1.82) is 0 Å². The SMILES string of the molecule is O=C(O)C1=NN(c2ccccc2Br)C(=O)C1. The normalized spacial score (nSPS) is 15.2. The lowest BCUT2D eigenvalue weighted by Gasteiger charge is -2.12. The largest absolute Gasteiger partial charge is 0.477 e. The summed E-state index contributed by atoms with van der Waals surface area (Å²) in [4.78, 5) is 22.3. The first kappa shape index (κ1) is 10.8. The van der Waals surface area contributed by atoms with Crippen LogP contribution in [0.5, 0.6) is 0 Å². The van der Waals surface area contributed by atoms with Gasteiger partial charge in [0.05, 0.1) is 12.1 Å². The Morgan fingerprint density at radius 3 is 2.69 bits per heavy atom. The Hall–Kier alpha value is -1.69. The van der Waals surface area contributed by atoms with Gasteiger partial charge >= 0.3 is 5.97 Å². The third-order valence-corrected chi connectivity index (χ3v) is 2.77. The molecule has 1 N–H and O–H groups in total. The zero-order chi connectivity index (χ0) is 11.7. The second-order valence-electron chi connectivity index (χ2n) is 3.19. The molecule has 0 unspecified atom stereocenters. The zero-order valence-corrected chi connectivity index (χ0v) is 9.64. The molecule has 2 rings (SSSR count). The summed E-state index contributed by atoms with van der Waals surface area (Å²) in [5.74, 6) is -1.51. The van der Waals surface area contributed by atoms with Gasteiger partial charge in [0.15, 0.2) is 5.71 Å². The van der Waals surface area contributed by atoms with Gasteiger partial charge in [-0.25, -0.2) is 4.79 Å². The summed E-state index contributed by atoms with van der Waals surface area (Å²) in [5, 5.41) is 13.6. The topological polar surface area (TPSA) is 70.0 Å². The molecule has 1 aromatic carbocycles. The molecule has 5 nitrogen and oxygen atoms in total.